The predicted molar refractivity (Wildman–Crippen MR) is 83.6 cm³/mol. The molecule has 2 aliphatic carbocycles. The van der Waals surface area contributed by atoms with Gasteiger partial charge in [0, 0.05) is 17.3 Å². The van der Waals surface area contributed by atoms with Gasteiger partial charge in [-0.1, -0.05) is 67.3 Å². The summed E-state index contributed by atoms with van der Waals surface area (Å²) in [6.45, 7) is 0. The van der Waals surface area contributed by atoms with E-state index in [1.54, 1.807) is 0 Å². The van der Waals surface area contributed by atoms with Crippen molar-refractivity contribution in [3.63, 3.8) is 0 Å². The molecule has 0 spiro atoms. The summed E-state index contributed by atoms with van der Waals surface area (Å²) in [5.74, 6) is 1.10. The van der Waals surface area contributed by atoms with Crippen molar-refractivity contribution in [2.75, 3.05) is 5.33 Å². The lowest BCUT2D eigenvalue weighted by atomic mass is 9.82. The maximum atomic E-state index is 12.2. The van der Waals surface area contributed by atoms with Crippen LogP contribution in [0.25, 0.3) is 0 Å². The third-order valence-corrected chi connectivity index (χ3v) is 6.05. The van der Waals surface area contributed by atoms with Crippen LogP contribution in [0.5, 0.6) is 0 Å². The Hall–Kier alpha value is -0.0500. The minimum absolute atomic E-state index is 0.0574. The molecule has 0 atom stereocenters. The van der Waals surface area contributed by atoms with Gasteiger partial charge in [-0.2, -0.15) is 0 Å². The number of halogens is 1. The first-order chi connectivity index (χ1) is 9.24. The lowest BCUT2D eigenvalue weighted by Gasteiger charge is -2.37. The predicted octanol–water partition coefficient (Wildman–Crippen LogP) is 4.56. The Morgan fingerprint density at radius 2 is 1.68 bits per heavy atom. The minimum atomic E-state index is 0.0574. The Morgan fingerprint density at radius 1 is 1.05 bits per heavy atom. The topological polar surface area (TPSA) is 29.1 Å². The fourth-order valence-electron chi connectivity index (χ4n) is 3.69. The van der Waals surface area contributed by atoms with E-state index in [4.69, 9.17) is 0 Å². The first-order valence-electron chi connectivity index (χ1n) is 8.11. The van der Waals surface area contributed by atoms with Gasteiger partial charge in [0.2, 0.25) is 5.91 Å². The van der Waals surface area contributed by atoms with Crippen LogP contribution in [0.15, 0.2) is 0 Å². The van der Waals surface area contributed by atoms with Gasteiger partial charge in [0.1, 0.15) is 0 Å². The second-order valence-corrected chi connectivity index (χ2v) is 7.13. The molecule has 1 N–H and O–H groups in total. The number of rotatable bonds is 5. The maximum Gasteiger partial charge on any atom is 0.220 e. The van der Waals surface area contributed by atoms with Crippen LogP contribution in [-0.4, -0.2) is 16.8 Å². The SMILES string of the molecule is O=C(CCC1CCCCC1)NC1(CBr)CCCCC1. The lowest BCUT2D eigenvalue weighted by molar-refractivity contribution is -0.123. The van der Waals surface area contributed by atoms with E-state index in [2.05, 4.69) is 21.2 Å². The van der Waals surface area contributed by atoms with Crippen LogP contribution in [-0.2, 0) is 4.79 Å². The number of carbonyl (C=O) groups is 1. The van der Waals surface area contributed by atoms with E-state index >= 15 is 0 Å². The smallest absolute Gasteiger partial charge is 0.220 e. The number of hydrogen-bond acceptors (Lipinski definition) is 1. The number of amides is 1. The van der Waals surface area contributed by atoms with Crippen molar-refractivity contribution < 1.29 is 4.79 Å². The Bertz CT molecular complexity index is 280. The molecule has 2 rings (SSSR count). The number of hydrogen-bond donors (Lipinski definition) is 1. The fourth-order valence-corrected chi connectivity index (χ4v) is 4.39. The van der Waals surface area contributed by atoms with Gasteiger partial charge >= 0.3 is 0 Å². The Labute approximate surface area is 126 Å². The van der Waals surface area contributed by atoms with Gasteiger partial charge in [-0.15, -0.1) is 0 Å². The number of alkyl halides is 1. The van der Waals surface area contributed by atoms with Crippen molar-refractivity contribution in [3.05, 3.63) is 0 Å². The summed E-state index contributed by atoms with van der Waals surface area (Å²) in [5, 5.41) is 4.25. The van der Waals surface area contributed by atoms with Gasteiger partial charge in [-0.05, 0) is 25.2 Å². The molecule has 0 aliphatic heterocycles. The van der Waals surface area contributed by atoms with Gasteiger partial charge in [-0.3, -0.25) is 4.79 Å². The maximum absolute atomic E-state index is 12.2. The summed E-state index contributed by atoms with van der Waals surface area (Å²) in [7, 11) is 0. The van der Waals surface area contributed by atoms with Crippen LogP contribution in [0.2, 0.25) is 0 Å². The lowest BCUT2D eigenvalue weighted by Crippen LogP contribution is -2.51. The molecule has 1 amide bonds. The van der Waals surface area contributed by atoms with Crippen LogP contribution >= 0.6 is 15.9 Å². The highest BCUT2D eigenvalue weighted by atomic mass is 79.9. The first kappa shape index (κ1) is 15.3. The Kier molecular flexibility index (Phi) is 6.18. The zero-order valence-electron chi connectivity index (χ0n) is 12.1. The van der Waals surface area contributed by atoms with Crippen molar-refractivity contribution in [1.29, 1.82) is 0 Å². The van der Waals surface area contributed by atoms with Crippen molar-refractivity contribution in [1.82, 2.24) is 5.32 Å². The molecule has 0 aromatic heterocycles. The third kappa shape index (κ3) is 4.77. The van der Waals surface area contributed by atoms with Crippen LogP contribution in [0.4, 0.5) is 0 Å². The highest BCUT2D eigenvalue weighted by molar-refractivity contribution is 9.09. The van der Waals surface area contributed by atoms with Crippen molar-refractivity contribution in [3.8, 4) is 0 Å². The van der Waals surface area contributed by atoms with Gasteiger partial charge in [0.15, 0.2) is 0 Å². The molecule has 110 valence electrons. The average molecular weight is 330 g/mol. The van der Waals surface area contributed by atoms with E-state index in [9.17, 15) is 4.79 Å². The molecular weight excluding hydrogens is 302 g/mol. The molecule has 0 unspecified atom stereocenters. The quantitative estimate of drug-likeness (QED) is 0.736. The molecule has 2 fully saturated rings. The van der Waals surface area contributed by atoms with E-state index in [-0.39, 0.29) is 11.4 Å². The standard InChI is InChI=1S/C16H28BrNO/c17-13-16(11-5-2-6-12-16)18-15(19)10-9-14-7-3-1-4-8-14/h14H,1-13H2,(H,18,19). The normalized spacial score (nSPS) is 24.1. The molecule has 0 heterocycles. The zero-order valence-corrected chi connectivity index (χ0v) is 13.6. The molecule has 0 aromatic carbocycles. The highest BCUT2D eigenvalue weighted by Crippen LogP contribution is 2.31. The molecule has 0 saturated heterocycles. The van der Waals surface area contributed by atoms with Crippen molar-refractivity contribution in [2.45, 2.75) is 82.6 Å². The molecular formula is C16H28BrNO. The minimum Gasteiger partial charge on any atom is -0.350 e. The molecule has 2 nitrogen and oxygen atoms in total. The van der Waals surface area contributed by atoms with E-state index in [0.29, 0.717) is 0 Å². The van der Waals surface area contributed by atoms with Gasteiger partial charge in [-0.25, -0.2) is 0 Å². The van der Waals surface area contributed by atoms with Crippen LogP contribution in [0.3, 0.4) is 0 Å². The summed E-state index contributed by atoms with van der Waals surface area (Å²) in [6, 6.07) is 0. The van der Waals surface area contributed by atoms with Gasteiger partial charge in [0.25, 0.3) is 0 Å². The van der Waals surface area contributed by atoms with E-state index < -0.39 is 0 Å². The molecule has 2 saturated carbocycles. The molecule has 3 heteroatoms. The van der Waals surface area contributed by atoms with Crippen LogP contribution < -0.4 is 5.32 Å². The molecule has 0 bridgehead atoms. The van der Waals surface area contributed by atoms with Gasteiger partial charge in [0.05, 0.1) is 0 Å². The second-order valence-electron chi connectivity index (χ2n) is 6.57. The highest BCUT2D eigenvalue weighted by Gasteiger charge is 2.32. The number of nitrogens with one attached hydrogen (secondary N) is 1. The van der Waals surface area contributed by atoms with Crippen molar-refractivity contribution >= 4 is 21.8 Å². The largest absolute Gasteiger partial charge is 0.350 e. The summed E-state index contributed by atoms with van der Waals surface area (Å²) in [6.07, 6.45) is 14.8. The Morgan fingerprint density at radius 3 is 2.32 bits per heavy atom. The van der Waals surface area contributed by atoms with Crippen LogP contribution in [0.1, 0.15) is 77.0 Å². The summed E-state index contributed by atoms with van der Waals surface area (Å²) in [4.78, 5) is 12.2. The average Bonchev–Trinajstić information content (AvgIpc) is 2.47. The fraction of sp³-hybridized carbons (Fsp3) is 0.938. The van der Waals surface area contributed by atoms with Crippen LogP contribution in [0, 0.1) is 5.92 Å². The van der Waals surface area contributed by atoms with E-state index in [1.807, 2.05) is 0 Å². The third-order valence-electron chi connectivity index (χ3n) is 4.98. The molecule has 0 aromatic rings. The monoisotopic (exact) mass is 329 g/mol. The molecule has 0 radical (unpaired) electrons. The summed E-state index contributed by atoms with van der Waals surface area (Å²) < 4.78 is 0. The molecule has 19 heavy (non-hydrogen) atoms. The van der Waals surface area contributed by atoms with E-state index in [0.717, 1.165) is 36.9 Å². The zero-order chi connectivity index (χ0) is 13.6. The summed E-state index contributed by atoms with van der Waals surface area (Å²) >= 11 is 3.61. The molecule has 2 aliphatic rings. The first-order valence-corrected chi connectivity index (χ1v) is 9.23. The number of carbonyl (C=O) groups excluding carboxylic acids is 1. The van der Waals surface area contributed by atoms with Crippen molar-refractivity contribution in [2.24, 2.45) is 5.92 Å². The van der Waals surface area contributed by atoms with Gasteiger partial charge < -0.3 is 5.32 Å². The Balaban J connectivity index is 1.72. The van der Waals surface area contributed by atoms with E-state index in [1.165, 1.54) is 51.4 Å². The second kappa shape index (κ2) is 7.66. The summed E-state index contributed by atoms with van der Waals surface area (Å²) in [5.41, 5.74) is 0.0574.